The monoisotopic (exact) mass is 276 g/mol. The molecule has 0 saturated heterocycles. The van der Waals surface area contributed by atoms with Crippen molar-refractivity contribution >= 4 is 22.3 Å². The van der Waals surface area contributed by atoms with E-state index in [1.807, 2.05) is 26.5 Å². The number of aromatic nitrogens is 3. The van der Waals surface area contributed by atoms with Gasteiger partial charge in [-0.05, 0) is 12.8 Å². The molecule has 19 heavy (non-hydrogen) atoms. The minimum atomic E-state index is 0.250. The molecule has 6 heteroatoms. The molecule has 0 aromatic carbocycles. The highest BCUT2D eigenvalue weighted by atomic mass is 32.1. The van der Waals surface area contributed by atoms with Crippen LogP contribution in [0.1, 0.15) is 33.8 Å². The molecule has 0 aliphatic heterocycles. The van der Waals surface area contributed by atoms with Gasteiger partial charge in [0.2, 0.25) is 0 Å². The molecule has 0 N–H and O–H groups in total. The predicted molar refractivity (Wildman–Crippen MR) is 74.7 cm³/mol. The fourth-order valence-corrected chi connectivity index (χ4v) is 3.35. The first-order chi connectivity index (χ1) is 9.13. The molecule has 0 atom stereocenters. The summed E-state index contributed by atoms with van der Waals surface area (Å²) in [5.74, 6) is 0.250. The number of hydrogen-bond donors (Lipinski definition) is 0. The Balaban J connectivity index is 1.80. The van der Waals surface area contributed by atoms with Crippen molar-refractivity contribution in [3.63, 3.8) is 0 Å². The van der Waals surface area contributed by atoms with Crippen LogP contribution in [0.2, 0.25) is 0 Å². The van der Waals surface area contributed by atoms with Crippen molar-refractivity contribution in [3.05, 3.63) is 28.5 Å². The molecule has 0 unspecified atom stereocenters. The highest BCUT2D eigenvalue weighted by Gasteiger charge is 2.23. The molecule has 3 rings (SSSR count). The number of rotatable bonds is 3. The zero-order valence-corrected chi connectivity index (χ0v) is 11.9. The summed E-state index contributed by atoms with van der Waals surface area (Å²) in [6.07, 6.45) is 6.38. The van der Waals surface area contributed by atoms with Crippen LogP contribution in [-0.4, -0.2) is 27.6 Å². The van der Waals surface area contributed by atoms with Crippen molar-refractivity contribution in [3.8, 4) is 0 Å². The van der Waals surface area contributed by atoms with Crippen LogP contribution in [0.4, 0.5) is 5.13 Å². The topological polar surface area (TPSA) is 51.0 Å². The van der Waals surface area contributed by atoms with Gasteiger partial charge in [-0.2, -0.15) is 5.10 Å². The van der Waals surface area contributed by atoms with E-state index in [1.165, 1.54) is 11.3 Å². The Bertz CT molecular complexity index is 616. The second-order valence-electron chi connectivity index (χ2n) is 4.93. The van der Waals surface area contributed by atoms with Crippen LogP contribution in [0.25, 0.3) is 0 Å². The molecule has 2 heterocycles. The lowest BCUT2D eigenvalue weighted by atomic mass is 10.0. The third-order valence-corrected chi connectivity index (χ3v) is 4.51. The number of anilines is 1. The van der Waals surface area contributed by atoms with Crippen molar-refractivity contribution in [2.75, 3.05) is 11.9 Å². The van der Waals surface area contributed by atoms with Crippen LogP contribution in [0.15, 0.2) is 12.4 Å². The maximum Gasteiger partial charge on any atom is 0.186 e. The first kappa shape index (κ1) is 12.3. The molecule has 0 bridgehead atoms. The van der Waals surface area contributed by atoms with Gasteiger partial charge in [0.1, 0.15) is 0 Å². The Morgan fingerprint density at radius 3 is 3.00 bits per heavy atom. The number of nitrogens with zero attached hydrogens (tertiary/aromatic N) is 4. The summed E-state index contributed by atoms with van der Waals surface area (Å²) in [5, 5.41) is 5.08. The van der Waals surface area contributed by atoms with E-state index in [4.69, 9.17) is 0 Å². The van der Waals surface area contributed by atoms with E-state index in [2.05, 4.69) is 15.0 Å². The Hall–Kier alpha value is -1.69. The standard InChI is InChI=1S/C13H16N4OS/c1-16(7-9-6-14-17(2)8-9)13-15-10-4-3-5-11(18)12(10)19-13/h6,8H,3-5,7H2,1-2H3. The molecule has 1 aliphatic carbocycles. The van der Waals surface area contributed by atoms with Crippen LogP contribution < -0.4 is 4.90 Å². The van der Waals surface area contributed by atoms with E-state index in [9.17, 15) is 4.79 Å². The highest BCUT2D eigenvalue weighted by Crippen LogP contribution is 2.31. The van der Waals surface area contributed by atoms with Gasteiger partial charge in [-0.25, -0.2) is 4.98 Å². The summed E-state index contributed by atoms with van der Waals surface area (Å²) in [5.41, 5.74) is 2.12. The van der Waals surface area contributed by atoms with Gasteiger partial charge in [0.25, 0.3) is 0 Å². The van der Waals surface area contributed by atoms with Crippen LogP contribution in [0.5, 0.6) is 0 Å². The van der Waals surface area contributed by atoms with Gasteiger partial charge < -0.3 is 4.90 Å². The fourth-order valence-electron chi connectivity index (χ4n) is 2.31. The van der Waals surface area contributed by atoms with Gasteiger partial charge in [-0.15, -0.1) is 0 Å². The van der Waals surface area contributed by atoms with Crippen LogP contribution in [0, 0.1) is 0 Å². The summed E-state index contributed by atoms with van der Waals surface area (Å²) >= 11 is 1.52. The smallest absolute Gasteiger partial charge is 0.186 e. The largest absolute Gasteiger partial charge is 0.347 e. The maximum atomic E-state index is 11.8. The van der Waals surface area contributed by atoms with E-state index < -0.39 is 0 Å². The van der Waals surface area contributed by atoms with Crippen LogP contribution >= 0.6 is 11.3 Å². The third kappa shape index (κ3) is 2.40. The molecule has 2 aromatic rings. The number of hydrogen-bond acceptors (Lipinski definition) is 5. The highest BCUT2D eigenvalue weighted by molar-refractivity contribution is 7.17. The van der Waals surface area contributed by atoms with Gasteiger partial charge in [-0.3, -0.25) is 9.48 Å². The van der Waals surface area contributed by atoms with Crippen molar-refractivity contribution in [1.82, 2.24) is 14.8 Å². The fraction of sp³-hybridized carbons (Fsp3) is 0.462. The molecule has 0 saturated carbocycles. The Morgan fingerprint density at radius 1 is 1.47 bits per heavy atom. The summed E-state index contributed by atoms with van der Waals surface area (Å²) in [4.78, 5) is 19.4. The normalized spacial score (nSPS) is 14.5. The molecule has 0 fully saturated rings. The minimum Gasteiger partial charge on any atom is -0.347 e. The summed E-state index contributed by atoms with van der Waals surface area (Å²) in [7, 11) is 3.91. The number of Topliss-reactive ketones (excluding diaryl/α,β-unsaturated/α-hetero) is 1. The first-order valence-electron chi connectivity index (χ1n) is 6.35. The van der Waals surface area contributed by atoms with Gasteiger partial charge in [0.05, 0.1) is 16.8 Å². The Morgan fingerprint density at radius 2 is 2.32 bits per heavy atom. The number of carbonyl (C=O) groups is 1. The summed E-state index contributed by atoms with van der Waals surface area (Å²) in [6, 6.07) is 0. The predicted octanol–water partition coefficient (Wildman–Crippen LogP) is 2.03. The number of carbonyl (C=O) groups excluding carboxylic acids is 1. The molecule has 1 aliphatic rings. The van der Waals surface area contributed by atoms with E-state index in [1.54, 1.807) is 4.68 Å². The van der Waals surface area contributed by atoms with Crippen LogP contribution in [0.3, 0.4) is 0 Å². The summed E-state index contributed by atoms with van der Waals surface area (Å²) in [6.45, 7) is 0.758. The third-order valence-electron chi connectivity index (χ3n) is 3.26. The van der Waals surface area contributed by atoms with Crippen molar-refractivity contribution in [1.29, 1.82) is 0 Å². The van der Waals surface area contributed by atoms with Crippen molar-refractivity contribution in [2.45, 2.75) is 25.8 Å². The molecular weight excluding hydrogens is 260 g/mol. The molecule has 0 amide bonds. The average molecular weight is 276 g/mol. The van der Waals surface area contributed by atoms with E-state index in [-0.39, 0.29) is 5.78 Å². The zero-order valence-electron chi connectivity index (χ0n) is 11.1. The van der Waals surface area contributed by atoms with Crippen molar-refractivity contribution in [2.24, 2.45) is 7.05 Å². The molecule has 0 spiro atoms. The van der Waals surface area contributed by atoms with Gasteiger partial charge >= 0.3 is 0 Å². The van der Waals surface area contributed by atoms with Gasteiger partial charge in [0.15, 0.2) is 10.9 Å². The SMILES string of the molecule is CN(Cc1cnn(C)c1)c1nc2c(s1)C(=O)CCC2. The maximum absolute atomic E-state index is 11.8. The lowest BCUT2D eigenvalue weighted by Crippen LogP contribution is -2.15. The zero-order chi connectivity index (χ0) is 13.4. The Kier molecular flexibility index (Phi) is 3.10. The molecule has 100 valence electrons. The minimum absolute atomic E-state index is 0.250. The second-order valence-corrected chi connectivity index (χ2v) is 5.90. The van der Waals surface area contributed by atoms with E-state index in [0.717, 1.165) is 40.7 Å². The first-order valence-corrected chi connectivity index (χ1v) is 7.16. The Labute approximate surface area is 115 Å². The molecule has 5 nitrogen and oxygen atoms in total. The number of ketones is 1. The molecule has 2 aromatic heterocycles. The number of aryl methyl sites for hydroxylation is 2. The van der Waals surface area contributed by atoms with Gasteiger partial charge in [-0.1, -0.05) is 11.3 Å². The molecular formula is C13H16N4OS. The average Bonchev–Trinajstić information content (AvgIpc) is 2.96. The lowest BCUT2D eigenvalue weighted by Gasteiger charge is -2.13. The van der Waals surface area contributed by atoms with E-state index >= 15 is 0 Å². The number of fused-ring (bicyclic) bond motifs is 1. The second kappa shape index (κ2) is 4.77. The van der Waals surface area contributed by atoms with Crippen LogP contribution in [-0.2, 0) is 20.0 Å². The summed E-state index contributed by atoms with van der Waals surface area (Å²) < 4.78 is 1.79. The van der Waals surface area contributed by atoms with Crippen molar-refractivity contribution < 1.29 is 4.79 Å². The number of thiazole rings is 1. The molecule has 0 radical (unpaired) electrons. The van der Waals surface area contributed by atoms with Gasteiger partial charge in [0, 0.05) is 38.8 Å². The van der Waals surface area contributed by atoms with E-state index in [0.29, 0.717) is 6.42 Å². The lowest BCUT2D eigenvalue weighted by molar-refractivity contribution is 0.0976. The quantitative estimate of drug-likeness (QED) is 0.860.